The van der Waals surface area contributed by atoms with E-state index in [9.17, 15) is 14.0 Å². The summed E-state index contributed by atoms with van der Waals surface area (Å²) in [6.07, 6.45) is 1.81. The molecule has 0 fully saturated rings. The second kappa shape index (κ2) is 10.6. The molecule has 2 aromatic carbocycles. The van der Waals surface area contributed by atoms with E-state index in [4.69, 9.17) is 27.9 Å². The van der Waals surface area contributed by atoms with Crippen molar-refractivity contribution in [1.29, 1.82) is 5.41 Å². The van der Waals surface area contributed by atoms with Gasteiger partial charge in [-0.15, -0.1) is 0 Å². The molecule has 1 atom stereocenters. The average molecular weight is 420 g/mol. The standard InChI is InChI=1S/C21H23ClFN3O3/c22-15-5-3-6-16(23)20(15)17(12-19(28)29)26-18(27)7-2-1-4-13-8-10-14(11-9-13)21(24)25/h3,5-6,8-11,17H,1-2,4,7,12H2,(H3,24,25)(H,26,27)(H,28,29). The normalized spacial score (nSPS) is 11.7. The molecule has 0 saturated heterocycles. The van der Waals surface area contributed by atoms with Crippen molar-refractivity contribution in [2.24, 2.45) is 5.73 Å². The van der Waals surface area contributed by atoms with E-state index in [1.807, 2.05) is 12.1 Å². The fourth-order valence-electron chi connectivity index (χ4n) is 2.98. The molecule has 2 rings (SSSR count). The van der Waals surface area contributed by atoms with Crippen LogP contribution < -0.4 is 11.1 Å². The van der Waals surface area contributed by atoms with E-state index in [1.54, 1.807) is 12.1 Å². The van der Waals surface area contributed by atoms with Crippen molar-refractivity contribution in [2.45, 2.75) is 38.1 Å². The summed E-state index contributed by atoms with van der Waals surface area (Å²) in [5.74, 6) is -2.16. The van der Waals surface area contributed by atoms with E-state index in [0.717, 1.165) is 18.4 Å². The number of carboxylic acid groups (broad SMARTS) is 1. The van der Waals surface area contributed by atoms with Gasteiger partial charge in [0.25, 0.3) is 0 Å². The molecule has 1 unspecified atom stereocenters. The van der Waals surface area contributed by atoms with Gasteiger partial charge in [-0.25, -0.2) is 4.39 Å². The molecule has 0 aromatic heterocycles. The number of benzene rings is 2. The molecule has 1 amide bonds. The van der Waals surface area contributed by atoms with Gasteiger partial charge in [0, 0.05) is 22.6 Å². The van der Waals surface area contributed by atoms with Crippen molar-refractivity contribution < 1.29 is 19.1 Å². The van der Waals surface area contributed by atoms with Gasteiger partial charge in [-0.1, -0.05) is 41.9 Å². The molecule has 154 valence electrons. The van der Waals surface area contributed by atoms with Crippen LogP contribution in [0.25, 0.3) is 0 Å². The topological polar surface area (TPSA) is 116 Å². The number of nitrogens with two attached hydrogens (primary N) is 1. The first-order valence-electron chi connectivity index (χ1n) is 9.16. The predicted molar refractivity (Wildman–Crippen MR) is 110 cm³/mol. The highest BCUT2D eigenvalue weighted by Crippen LogP contribution is 2.28. The van der Waals surface area contributed by atoms with Crippen molar-refractivity contribution in [3.8, 4) is 0 Å². The fourth-order valence-corrected chi connectivity index (χ4v) is 3.27. The highest BCUT2D eigenvalue weighted by molar-refractivity contribution is 6.31. The maximum Gasteiger partial charge on any atom is 0.305 e. The number of amidine groups is 1. The summed E-state index contributed by atoms with van der Waals surface area (Å²) in [5.41, 5.74) is 7.13. The summed E-state index contributed by atoms with van der Waals surface area (Å²) in [6, 6.07) is 10.4. The van der Waals surface area contributed by atoms with Gasteiger partial charge < -0.3 is 16.2 Å². The summed E-state index contributed by atoms with van der Waals surface area (Å²) >= 11 is 6.01. The molecule has 0 radical (unpaired) electrons. The van der Waals surface area contributed by atoms with E-state index in [-0.39, 0.29) is 28.7 Å². The number of aryl methyl sites for hydroxylation is 1. The molecule has 0 saturated carbocycles. The Hall–Kier alpha value is -2.93. The van der Waals surface area contributed by atoms with Gasteiger partial charge in [0.2, 0.25) is 5.91 Å². The molecule has 0 aliphatic heterocycles. The van der Waals surface area contributed by atoms with Crippen molar-refractivity contribution in [1.82, 2.24) is 5.32 Å². The average Bonchev–Trinajstić information content (AvgIpc) is 2.65. The molecular formula is C21H23ClFN3O3. The van der Waals surface area contributed by atoms with Gasteiger partial charge in [-0.3, -0.25) is 15.0 Å². The number of nitrogens with one attached hydrogen (secondary N) is 2. The van der Waals surface area contributed by atoms with Crippen LogP contribution in [-0.2, 0) is 16.0 Å². The van der Waals surface area contributed by atoms with Crippen molar-refractivity contribution in [2.75, 3.05) is 0 Å². The van der Waals surface area contributed by atoms with E-state index in [2.05, 4.69) is 5.32 Å². The molecule has 0 bridgehead atoms. The summed E-state index contributed by atoms with van der Waals surface area (Å²) in [5, 5.41) is 19.1. The highest BCUT2D eigenvalue weighted by atomic mass is 35.5. The summed E-state index contributed by atoms with van der Waals surface area (Å²) in [7, 11) is 0. The number of carbonyl (C=O) groups is 2. The van der Waals surface area contributed by atoms with Gasteiger partial charge in [0.1, 0.15) is 11.7 Å². The van der Waals surface area contributed by atoms with Crippen molar-refractivity contribution in [3.63, 3.8) is 0 Å². The minimum atomic E-state index is -1.16. The second-order valence-electron chi connectivity index (χ2n) is 6.67. The van der Waals surface area contributed by atoms with Gasteiger partial charge in [-0.05, 0) is 37.0 Å². The smallest absolute Gasteiger partial charge is 0.305 e. The molecular weight excluding hydrogens is 397 g/mol. The number of nitrogen functional groups attached to an aromatic ring is 1. The summed E-state index contributed by atoms with van der Waals surface area (Å²) in [4.78, 5) is 23.4. The second-order valence-corrected chi connectivity index (χ2v) is 7.08. The van der Waals surface area contributed by atoms with Crippen molar-refractivity contribution >= 4 is 29.3 Å². The van der Waals surface area contributed by atoms with Gasteiger partial charge in [0.05, 0.1) is 12.5 Å². The summed E-state index contributed by atoms with van der Waals surface area (Å²) < 4.78 is 14.1. The third-order valence-corrected chi connectivity index (χ3v) is 4.78. The van der Waals surface area contributed by atoms with Gasteiger partial charge >= 0.3 is 5.97 Å². The maximum atomic E-state index is 14.1. The molecule has 6 nitrogen and oxygen atoms in total. The first-order chi connectivity index (χ1) is 13.8. The Morgan fingerprint density at radius 1 is 1.17 bits per heavy atom. The molecule has 0 aliphatic carbocycles. The fraction of sp³-hybridized carbons (Fsp3) is 0.286. The zero-order valence-corrected chi connectivity index (χ0v) is 16.5. The van der Waals surface area contributed by atoms with Crippen LogP contribution in [0.4, 0.5) is 4.39 Å². The number of halogens is 2. The van der Waals surface area contributed by atoms with Crippen LogP contribution in [0, 0.1) is 11.2 Å². The Morgan fingerprint density at radius 3 is 2.45 bits per heavy atom. The molecule has 0 heterocycles. The number of rotatable bonds is 10. The number of hydrogen-bond donors (Lipinski definition) is 4. The third kappa shape index (κ3) is 6.87. The number of aliphatic carboxylic acids is 1. The summed E-state index contributed by atoms with van der Waals surface area (Å²) in [6.45, 7) is 0. The van der Waals surface area contributed by atoms with E-state index >= 15 is 0 Å². The molecule has 2 aromatic rings. The lowest BCUT2D eigenvalue weighted by atomic mass is 10.0. The molecule has 5 N–H and O–H groups in total. The molecule has 0 aliphatic rings. The van der Waals surface area contributed by atoms with E-state index in [0.29, 0.717) is 12.0 Å². The minimum Gasteiger partial charge on any atom is -0.481 e. The van der Waals surface area contributed by atoms with Crippen LogP contribution in [0.1, 0.15) is 48.4 Å². The van der Waals surface area contributed by atoms with E-state index in [1.165, 1.54) is 18.2 Å². The maximum absolute atomic E-state index is 14.1. The predicted octanol–water partition coefficient (Wildman–Crippen LogP) is 3.81. The SMILES string of the molecule is N=C(N)c1ccc(CCCCC(=O)NC(CC(=O)O)c2c(F)cccc2Cl)cc1. The van der Waals surface area contributed by atoms with Crippen LogP contribution >= 0.6 is 11.6 Å². The Bertz CT molecular complexity index is 867. The third-order valence-electron chi connectivity index (χ3n) is 4.45. The van der Waals surface area contributed by atoms with Crippen LogP contribution in [0.2, 0.25) is 5.02 Å². The zero-order valence-electron chi connectivity index (χ0n) is 15.8. The van der Waals surface area contributed by atoms with Crippen LogP contribution in [-0.4, -0.2) is 22.8 Å². The highest BCUT2D eigenvalue weighted by Gasteiger charge is 2.23. The Balaban J connectivity index is 1.88. The lowest BCUT2D eigenvalue weighted by Gasteiger charge is -2.19. The van der Waals surface area contributed by atoms with Crippen LogP contribution in [0.5, 0.6) is 0 Å². The largest absolute Gasteiger partial charge is 0.481 e. The number of carbonyl (C=O) groups excluding carboxylic acids is 1. The van der Waals surface area contributed by atoms with Gasteiger partial charge in [0.15, 0.2) is 0 Å². The molecule has 29 heavy (non-hydrogen) atoms. The first kappa shape index (κ1) is 22.4. The first-order valence-corrected chi connectivity index (χ1v) is 9.54. The van der Waals surface area contributed by atoms with Gasteiger partial charge in [-0.2, -0.15) is 0 Å². The Morgan fingerprint density at radius 2 is 1.86 bits per heavy atom. The minimum absolute atomic E-state index is 0.0130. The Kier molecular flexibility index (Phi) is 8.15. The van der Waals surface area contributed by atoms with Crippen molar-refractivity contribution in [3.05, 3.63) is 70.0 Å². The van der Waals surface area contributed by atoms with E-state index < -0.39 is 24.2 Å². The lowest BCUT2D eigenvalue weighted by molar-refractivity contribution is -0.137. The quantitative estimate of drug-likeness (QED) is 0.266. The number of unbranched alkanes of at least 4 members (excludes halogenated alkanes) is 1. The van der Waals surface area contributed by atoms with Crippen LogP contribution in [0.15, 0.2) is 42.5 Å². The van der Waals surface area contributed by atoms with Crippen LogP contribution in [0.3, 0.4) is 0 Å². The molecule has 8 heteroatoms. The number of amides is 1. The molecule has 0 spiro atoms. The monoisotopic (exact) mass is 419 g/mol. The number of carboxylic acids is 1. The zero-order chi connectivity index (χ0) is 21.4. The lowest BCUT2D eigenvalue weighted by Crippen LogP contribution is -2.30. The number of hydrogen-bond acceptors (Lipinski definition) is 3. The Labute approximate surface area is 173 Å².